The van der Waals surface area contributed by atoms with E-state index < -0.39 is 0 Å². The molecule has 0 spiro atoms. The third-order valence-corrected chi connectivity index (χ3v) is 1.72. The Morgan fingerprint density at radius 2 is 1.55 bits per heavy atom. The standard InChI is InChI=1S/C9H16.C2H6/c1-5-8(4)9(6-2)7-3;1-2/h5H,1,6-7H2,2-4H3;1-2H3. The molecular weight excluding hydrogens is 132 g/mol. The molecule has 0 aliphatic rings. The van der Waals surface area contributed by atoms with Crippen molar-refractivity contribution in [2.45, 2.75) is 47.5 Å². The van der Waals surface area contributed by atoms with Gasteiger partial charge in [0.25, 0.3) is 0 Å². The molecule has 0 aliphatic heterocycles. The van der Waals surface area contributed by atoms with Crippen LogP contribution in [-0.2, 0) is 0 Å². The Labute approximate surface area is 72.0 Å². The van der Waals surface area contributed by atoms with Crippen LogP contribution >= 0.6 is 0 Å². The monoisotopic (exact) mass is 154 g/mol. The van der Waals surface area contributed by atoms with E-state index in [1.54, 1.807) is 0 Å². The summed E-state index contributed by atoms with van der Waals surface area (Å²) in [6.07, 6.45) is 4.26. The second-order valence-corrected chi connectivity index (χ2v) is 2.20. The molecule has 0 saturated carbocycles. The van der Waals surface area contributed by atoms with Gasteiger partial charge >= 0.3 is 0 Å². The fraction of sp³-hybridized carbons (Fsp3) is 0.636. The highest BCUT2D eigenvalue weighted by atomic mass is 14.0. The van der Waals surface area contributed by atoms with Gasteiger partial charge in [0, 0.05) is 0 Å². The molecule has 0 aromatic heterocycles. The third kappa shape index (κ3) is 5.90. The van der Waals surface area contributed by atoms with Gasteiger partial charge in [-0.2, -0.15) is 0 Å². The summed E-state index contributed by atoms with van der Waals surface area (Å²) in [5, 5.41) is 0. The van der Waals surface area contributed by atoms with Crippen LogP contribution in [0.4, 0.5) is 0 Å². The van der Waals surface area contributed by atoms with E-state index in [9.17, 15) is 0 Å². The van der Waals surface area contributed by atoms with Gasteiger partial charge in [0.1, 0.15) is 0 Å². The SMILES string of the molecule is C=CC(C)=C(CC)CC.CC. The third-order valence-electron chi connectivity index (χ3n) is 1.72. The van der Waals surface area contributed by atoms with Crippen molar-refractivity contribution in [2.24, 2.45) is 0 Å². The maximum Gasteiger partial charge on any atom is -0.0343 e. The van der Waals surface area contributed by atoms with Crippen molar-refractivity contribution in [1.82, 2.24) is 0 Å². The summed E-state index contributed by atoms with van der Waals surface area (Å²) < 4.78 is 0. The van der Waals surface area contributed by atoms with Gasteiger partial charge in [-0.05, 0) is 19.8 Å². The van der Waals surface area contributed by atoms with Crippen LogP contribution in [0, 0.1) is 0 Å². The molecule has 0 heteroatoms. The van der Waals surface area contributed by atoms with Crippen molar-refractivity contribution in [3.63, 3.8) is 0 Å². The van der Waals surface area contributed by atoms with Gasteiger partial charge in [0.15, 0.2) is 0 Å². The lowest BCUT2D eigenvalue weighted by molar-refractivity contribution is 0.957. The molecule has 0 bridgehead atoms. The number of hydrogen-bond acceptors (Lipinski definition) is 0. The Kier molecular flexibility index (Phi) is 11.3. The highest BCUT2D eigenvalue weighted by Gasteiger charge is 1.91. The minimum atomic E-state index is 1.16. The molecule has 0 aromatic carbocycles. The first kappa shape index (κ1) is 13.1. The average molecular weight is 154 g/mol. The molecule has 0 amide bonds. The van der Waals surface area contributed by atoms with Gasteiger partial charge in [0.05, 0.1) is 0 Å². The fourth-order valence-corrected chi connectivity index (χ4v) is 0.952. The maximum absolute atomic E-state index is 3.72. The minimum Gasteiger partial charge on any atom is -0.0988 e. The normalized spacial score (nSPS) is 7.73. The molecule has 0 rings (SSSR count). The highest BCUT2D eigenvalue weighted by Crippen LogP contribution is 2.11. The Morgan fingerprint density at radius 3 is 1.64 bits per heavy atom. The van der Waals surface area contributed by atoms with Crippen LogP contribution < -0.4 is 0 Å². The topological polar surface area (TPSA) is 0 Å². The van der Waals surface area contributed by atoms with Crippen LogP contribution in [0.2, 0.25) is 0 Å². The predicted octanol–water partition coefficient (Wildman–Crippen LogP) is 4.34. The van der Waals surface area contributed by atoms with Crippen molar-refractivity contribution >= 4 is 0 Å². The lowest BCUT2D eigenvalue weighted by atomic mass is 10.1. The molecule has 0 nitrogen and oxygen atoms in total. The first-order valence-electron chi connectivity index (χ1n) is 4.57. The van der Waals surface area contributed by atoms with Gasteiger partial charge in [-0.25, -0.2) is 0 Å². The van der Waals surface area contributed by atoms with Crippen LogP contribution in [0.25, 0.3) is 0 Å². The zero-order valence-electron chi connectivity index (χ0n) is 8.70. The van der Waals surface area contributed by atoms with Crippen molar-refractivity contribution in [1.29, 1.82) is 0 Å². The van der Waals surface area contributed by atoms with Crippen LogP contribution in [0.3, 0.4) is 0 Å². The lowest BCUT2D eigenvalue weighted by Crippen LogP contribution is -1.81. The van der Waals surface area contributed by atoms with E-state index in [1.165, 1.54) is 11.1 Å². The van der Waals surface area contributed by atoms with Crippen molar-refractivity contribution in [2.75, 3.05) is 0 Å². The lowest BCUT2D eigenvalue weighted by Gasteiger charge is -2.01. The maximum atomic E-state index is 3.72. The van der Waals surface area contributed by atoms with Crippen LogP contribution in [0.1, 0.15) is 47.5 Å². The summed E-state index contributed by atoms with van der Waals surface area (Å²) in [4.78, 5) is 0. The summed E-state index contributed by atoms with van der Waals surface area (Å²) >= 11 is 0. The first-order valence-corrected chi connectivity index (χ1v) is 4.57. The summed E-state index contributed by atoms with van der Waals surface area (Å²) in [7, 11) is 0. The summed E-state index contributed by atoms with van der Waals surface area (Å²) in [5.41, 5.74) is 2.87. The largest absolute Gasteiger partial charge is 0.0988 e. The quantitative estimate of drug-likeness (QED) is 0.531. The van der Waals surface area contributed by atoms with E-state index in [1.807, 2.05) is 19.9 Å². The molecule has 0 aromatic rings. The highest BCUT2D eigenvalue weighted by molar-refractivity contribution is 5.21. The second kappa shape index (κ2) is 9.48. The van der Waals surface area contributed by atoms with E-state index in [2.05, 4.69) is 27.4 Å². The van der Waals surface area contributed by atoms with Crippen LogP contribution in [0.15, 0.2) is 23.8 Å². The summed E-state index contributed by atoms with van der Waals surface area (Å²) in [5.74, 6) is 0. The summed E-state index contributed by atoms with van der Waals surface area (Å²) in [6, 6.07) is 0. The zero-order valence-corrected chi connectivity index (χ0v) is 8.70. The van der Waals surface area contributed by atoms with Gasteiger partial charge in [-0.15, -0.1) is 0 Å². The number of hydrogen-bond donors (Lipinski definition) is 0. The Morgan fingerprint density at radius 1 is 1.18 bits per heavy atom. The Balaban J connectivity index is 0. The molecule has 0 saturated heterocycles. The van der Waals surface area contributed by atoms with Crippen LogP contribution in [-0.4, -0.2) is 0 Å². The van der Waals surface area contributed by atoms with Crippen molar-refractivity contribution in [3.8, 4) is 0 Å². The van der Waals surface area contributed by atoms with Gasteiger partial charge in [0.2, 0.25) is 0 Å². The van der Waals surface area contributed by atoms with E-state index in [0.717, 1.165) is 12.8 Å². The van der Waals surface area contributed by atoms with E-state index in [-0.39, 0.29) is 0 Å². The molecule has 0 aliphatic carbocycles. The Hall–Kier alpha value is -0.520. The first-order chi connectivity index (χ1) is 5.26. The molecule has 0 radical (unpaired) electrons. The second-order valence-electron chi connectivity index (χ2n) is 2.20. The fourth-order valence-electron chi connectivity index (χ4n) is 0.952. The average Bonchev–Trinajstić information content (AvgIpc) is 2.10. The van der Waals surface area contributed by atoms with E-state index in [4.69, 9.17) is 0 Å². The predicted molar refractivity (Wildman–Crippen MR) is 54.8 cm³/mol. The molecule has 0 fully saturated rings. The molecular formula is C11H22. The summed E-state index contributed by atoms with van der Waals surface area (Å²) in [6.45, 7) is 14.2. The van der Waals surface area contributed by atoms with Crippen molar-refractivity contribution < 1.29 is 0 Å². The van der Waals surface area contributed by atoms with E-state index >= 15 is 0 Å². The molecule has 0 N–H and O–H groups in total. The van der Waals surface area contributed by atoms with Gasteiger partial charge in [-0.1, -0.05) is 51.5 Å². The molecule has 0 heterocycles. The number of rotatable bonds is 3. The van der Waals surface area contributed by atoms with Gasteiger partial charge < -0.3 is 0 Å². The Bertz CT molecular complexity index is 112. The van der Waals surface area contributed by atoms with E-state index in [0.29, 0.717) is 0 Å². The van der Waals surface area contributed by atoms with Crippen molar-refractivity contribution in [3.05, 3.63) is 23.8 Å². The molecule has 66 valence electrons. The number of allylic oxidation sites excluding steroid dienone is 3. The molecule has 0 unspecified atom stereocenters. The van der Waals surface area contributed by atoms with Gasteiger partial charge in [-0.3, -0.25) is 0 Å². The molecule has 0 atom stereocenters. The van der Waals surface area contributed by atoms with Crippen LogP contribution in [0.5, 0.6) is 0 Å². The smallest absolute Gasteiger partial charge is 0.0343 e. The minimum absolute atomic E-state index is 1.16. The molecule has 11 heavy (non-hydrogen) atoms. The zero-order chi connectivity index (χ0) is 9.28.